The molecule has 2 amide bonds. The van der Waals surface area contributed by atoms with Crippen LogP contribution in [0.1, 0.15) is 82.8 Å². The third kappa shape index (κ3) is 9.51. The summed E-state index contributed by atoms with van der Waals surface area (Å²) in [6.07, 6.45) is -1.30. The quantitative estimate of drug-likeness (QED) is 0.231. The van der Waals surface area contributed by atoms with Crippen molar-refractivity contribution in [3.63, 3.8) is 0 Å². The Kier molecular flexibility index (Phi) is 13.7. The number of aliphatic hydroxyl groups is 1. The van der Waals surface area contributed by atoms with Crippen LogP contribution in [0.2, 0.25) is 0 Å². The number of piperidine rings is 2. The van der Waals surface area contributed by atoms with E-state index in [0.717, 1.165) is 52.7 Å². The van der Waals surface area contributed by atoms with Gasteiger partial charge in [0.25, 0.3) is 11.8 Å². The number of esters is 1. The van der Waals surface area contributed by atoms with Crippen LogP contribution >= 0.6 is 0 Å². The van der Waals surface area contributed by atoms with Gasteiger partial charge in [-0.3, -0.25) is 9.59 Å². The zero-order valence-electron chi connectivity index (χ0n) is 35.7. The minimum atomic E-state index is -5.01. The van der Waals surface area contributed by atoms with Gasteiger partial charge in [-0.25, -0.2) is 29.6 Å². The maximum absolute atomic E-state index is 13.1. The number of likely N-dealkylation sites (tertiary alicyclic amines) is 2. The molecule has 0 bridgehead atoms. The monoisotopic (exact) mass is 920 g/mol. The summed E-state index contributed by atoms with van der Waals surface area (Å²) >= 11 is 0. The molecule has 2 aromatic heterocycles. The molecule has 2 fully saturated rings. The molecule has 0 spiro atoms. The number of fused-ring (bicyclic) bond motifs is 6. The van der Waals surface area contributed by atoms with Gasteiger partial charge >= 0.3 is 12.1 Å². The number of amides is 2. The van der Waals surface area contributed by atoms with Crippen molar-refractivity contribution < 1.29 is 54.2 Å². The SMILES string of the molecule is CCS(=O)(=O)n1c2c(c3cc(C(=O)N4CCC(CO)CC4)ccc31)CN(C)CC2.CCS(=O)(=O)n1c2c(c3cc(C(=O)N4CCC(COC(=O)C(F)(F)F)CC4)ccc31)CNCC2. The minimum Gasteiger partial charge on any atom is -0.459 e. The highest BCUT2D eigenvalue weighted by atomic mass is 32.2. The molecule has 4 aromatic rings. The summed E-state index contributed by atoms with van der Waals surface area (Å²) in [5.74, 6) is -2.41. The highest BCUT2D eigenvalue weighted by Crippen LogP contribution is 2.35. The molecular weight excluding hydrogens is 866 g/mol. The van der Waals surface area contributed by atoms with Crippen molar-refractivity contribution in [1.29, 1.82) is 0 Å². The zero-order chi connectivity index (χ0) is 45.4. The van der Waals surface area contributed by atoms with Crippen molar-refractivity contribution in [3.8, 4) is 0 Å². The van der Waals surface area contributed by atoms with Crippen LogP contribution in [-0.4, -0.2) is 140 Å². The molecule has 0 unspecified atom stereocenters. The van der Waals surface area contributed by atoms with E-state index >= 15 is 0 Å². The van der Waals surface area contributed by atoms with Crippen molar-refractivity contribution in [2.75, 3.05) is 71.0 Å². The van der Waals surface area contributed by atoms with Crippen LogP contribution in [0.3, 0.4) is 0 Å². The van der Waals surface area contributed by atoms with E-state index in [1.807, 2.05) is 18.0 Å². The first-order chi connectivity index (χ1) is 29.9. The lowest BCUT2D eigenvalue weighted by Crippen LogP contribution is -2.40. The van der Waals surface area contributed by atoms with Crippen molar-refractivity contribution in [3.05, 3.63) is 70.0 Å². The number of aromatic nitrogens is 2. The number of benzene rings is 2. The lowest BCUT2D eigenvalue weighted by molar-refractivity contribution is -0.201. The van der Waals surface area contributed by atoms with Crippen LogP contribution in [0.25, 0.3) is 21.8 Å². The standard InChI is InChI=1S/C22H26F3N3O5S.C21H29N3O4S/c1-2-34(31,32)28-18-4-3-15(11-16(18)17-12-26-8-5-19(17)28)20(29)27-9-6-14(7-10-27)13-33-21(30)22(23,24)25;1-3-29(27,28)24-19-5-4-16(21(26)23-10-6-15(14-25)7-11-23)12-17(19)18-13-22(2)9-8-20(18)24/h3-4,11,14,26H,2,5-10,12-13H2,1H3;4-5,12,15,25H,3,6-11,13-14H2,1-2H3. The molecule has 4 aliphatic rings. The lowest BCUT2D eigenvalue weighted by Gasteiger charge is -2.31. The van der Waals surface area contributed by atoms with Gasteiger partial charge in [-0.2, -0.15) is 13.2 Å². The second-order valence-corrected chi connectivity index (χ2v) is 21.0. The number of halogens is 3. The number of carbonyl (C=O) groups excluding carboxylic acids is 3. The summed E-state index contributed by atoms with van der Waals surface area (Å²) in [6, 6.07) is 10.4. The van der Waals surface area contributed by atoms with Gasteiger partial charge in [0.15, 0.2) is 0 Å². The fraction of sp³-hybridized carbons (Fsp3) is 0.558. The van der Waals surface area contributed by atoms with E-state index in [-0.39, 0.29) is 48.4 Å². The first-order valence-electron chi connectivity index (χ1n) is 21.5. The molecule has 15 nitrogen and oxygen atoms in total. The van der Waals surface area contributed by atoms with Crippen molar-refractivity contribution in [2.24, 2.45) is 11.8 Å². The zero-order valence-corrected chi connectivity index (χ0v) is 37.4. The average molecular weight is 921 g/mol. The van der Waals surface area contributed by atoms with Gasteiger partial charge in [0.1, 0.15) is 0 Å². The van der Waals surface area contributed by atoms with E-state index < -0.39 is 32.2 Å². The van der Waals surface area contributed by atoms with E-state index in [1.54, 1.807) is 49.1 Å². The third-order valence-corrected chi connectivity index (χ3v) is 16.2. The molecule has 6 heterocycles. The molecule has 2 N–H and O–H groups in total. The van der Waals surface area contributed by atoms with Gasteiger partial charge in [-0.15, -0.1) is 0 Å². The Labute approximate surface area is 365 Å². The highest BCUT2D eigenvalue weighted by Gasteiger charge is 2.41. The molecule has 2 saturated heterocycles. The van der Waals surface area contributed by atoms with Crippen LogP contribution < -0.4 is 5.32 Å². The predicted octanol–water partition coefficient (Wildman–Crippen LogP) is 4.11. The number of alkyl halides is 3. The Hall–Kier alpha value is -4.50. The number of hydrogen-bond acceptors (Lipinski definition) is 11. The van der Waals surface area contributed by atoms with Crippen molar-refractivity contribution in [2.45, 2.75) is 71.6 Å². The summed E-state index contributed by atoms with van der Waals surface area (Å²) in [4.78, 5) is 42.7. The van der Waals surface area contributed by atoms with Crippen LogP contribution in [-0.2, 0) is 55.5 Å². The Bertz CT molecular complexity index is 2610. The summed E-state index contributed by atoms with van der Waals surface area (Å²) < 4.78 is 95.3. The first kappa shape index (κ1) is 46.5. The summed E-state index contributed by atoms with van der Waals surface area (Å²) in [7, 11) is -4.91. The number of nitrogens with zero attached hydrogens (tertiary/aromatic N) is 5. The summed E-state index contributed by atoms with van der Waals surface area (Å²) in [5.41, 5.74) is 5.73. The molecular formula is C43H55F3N6O9S2. The number of likely N-dealkylation sites (N-methyl/N-ethyl adjacent to an activating group) is 1. The average Bonchev–Trinajstić information content (AvgIpc) is 3.80. The molecule has 0 radical (unpaired) electrons. The van der Waals surface area contributed by atoms with Crippen LogP contribution in [0.15, 0.2) is 36.4 Å². The van der Waals surface area contributed by atoms with E-state index in [4.69, 9.17) is 0 Å². The van der Waals surface area contributed by atoms with Gasteiger partial charge < -0.3 is 29.9 Å². The number of hydrogen-bond donors (Lipinski definition) is 2. The van der Waals surface area contributed by atoms with Crippen LogP contribution in [0, 0.1) is 11.8 Å². The molecule has 0 aliphatic carbocycles. The second kappa shape index (κ2) is 18.5. The molecule has 20 heteroatoms. The van der Waals surface area contributed by atoms with Crippen LogP contribution in [0.4, 0.5) is 13.2 Å². The van der Waals surface area contributed by atoms with Gasteiger partial charge in [-0.05, 0) is 106 Å². The molecule has 0 atom stereocenters. The lowest BCUT2D eigenvalue weighted by atomic mass is 9.97. The molecule has 8 rings (SSSR count). The molecule has 4 aliphatic heterocycles. The van der Waals surface area contributed by atoms with Crippen LogP contribution in [0.5, 0.6) is 0 Å². The second-order valence-electron chi connectivity index (χ2n) is 16.8. The Morgan fingerprint density at radius 1 is 0.746 bits per heavy atom. The minimum absolute atomic E-state index is 0.0210. The summed E-state index contributed by atoms with van der Waals surface area (Å²) in [6.45, 7) is 7.73. The van der Waals surface area contributed by atoms with E-state index in [0.29, 0.717) is 93.7 Å². The Balaban J connectivity index is 0.000000191. The van der Waals surface area contributed by atoms with Gasteiger partial charge in [0.2, 0.25) is 20.0 Å². The third-order valence-electron chi connectivity index (χ3n) is 12.8. The topological polar surface area (TPSA) is 181 Å². The largest absolute Gasteiger partial charge is 0.490 e. The molecule has 2 aromatic carbocycles. The van der Waals surface area contributed by atoms with Gasteiger partial charge in [-0.1, -0.05) is 0 Å². The fourth-order valence-electron chi connectivity index (χ4n) is 9.12. The fourth-order valence-corrected chi connectivity index (χ4v) is 11.6. The van der Waals surface area contributed by atoms with Crippen molar-refractivity contribution >= 4 is 59.6 Å². The summed E-state index contributed by atoms with van der Waals surface area (Å²) in [5, 5.41) is 14.1. The highest BCUT2D eigenvalue weighted by molar-refractivity contribution is 7.90. The number of ether oxygens (including phenoxy) is 1. The predicted molar refractivity (Wildman–Crippen MR) is 230 cm³/mol. The molecule has 63 heavy (non-hydrogen) atoms. The van der Waals surface area contributed by atoms with E-state index in [1.165, 1.54) is 7.94 Å². The first-order valence-corrected chi connectivity index (χ1v) is 24.7. The van der Waals surface area contributed by atoms with E-state index in [2.05, 4.69) is 15.0 Å². The normalized spacial score (nSPS) is 18.2. The number of rotatable bonds is 9. The maximum atomic E-state index is 13.1. The Morgan fingerprint density at radius 2 is 1.24 bits per heavy atom. The Morgan fingerprint density at radius 3 is 1.73 bits per heavy atom. The smallest absolute Gasteiger partial charge is 0.459 e. The van der Waals surface area contributed by atoms with Gasteiger partial charge in [0.05, 0.1) is 29.1 Å². The van der Waals surface area contributed by atoms with E-state index in [9.17, 15) is 49.5 Å². The molecule has 344 valence electrons. The molecule has 0 saturated carbocycles. The maximum Gasteiger partial charge on any atom is 0.490 e. The van der Waals surface area contributed by atoms with Gasteiger partial charge in [0, 0.05) is 105 Å². The number of aliphatic hydroxyl groups excluding tert-OH is 1. The number of nitrogens with one attached hydrogen (secondary N) is 1. The number of carbonyl (C=O) groups is 3. The van der Waals surface area contributed by atoms with Crippen molar-refractivity contribution in [1.82, 2.24) is 28.0 Å².